The molecule has 1 fully saturated rings. The van der Waals surface area contributed by atoms with Crippen molar-refractivity contribution in [2.45, 2.75) is 38.5 Å². The van der Waals surface area contributed by atoms with Gasteiger partial charge in [-0.05, 0) is 24.0 Å². The van der Waals surface area contributed by atoms with Crippen molar-refractivity contribution in [2.75, 3.05) is 25.4 Å². The number of amides is 2. The lowest BCUT2D eigenvalue weighted by Gasteiger charge is -2.33. The van der Waals surface area contributed by atoms with Gasteiger partial charge in [0.2, 0.25) is 0 Å². The van der Waals surface area contributed by atoms with Crippen LogP contribution >= 0.6 is 11.8 Å². The van der Waals surface area contributed by atoms with Gasteiger partial charge >= 0.3 is 6.03 Å². The quantitative estimate of drug-likeness (QED) is 0.821. The Hall–Kier alpha value is -1.17. The highest BCUT2D eigenvalue weighted by molar-refractivity contribution is 7.99. The summed E-state index contributed by atoms with van der Waals surface area (Å²) in [4.78, 5) is 18.2. The summed E-state index contributed by atoms with van der Waals surface area (Å²) in [5, 5.41) is 3.66. The lowest BCUT2D eigenvalue weighted by Crippen LogP contribution is -2.46. The molecule has 2 amide bonds. The monoisotopic (exact) mass is 310 g/mol. The molecule has 0 unspecified atom stereocenters. The zero-order chi connectivity index (χ0) is 15.1. The molecule has 1 aliphatic heterocycles. The van der Waals surface area contributed by atoms with Gasteiger partial charge in [0.15, 0.2) is 0 Å². The van der Waals surface area contributed by atoms with Crippen molar-refractivity contribution in [1.82, 2.24) is 19.8 Å². The van der Waals surface area contributed by atoms with Gasteiger partial charge in [0, 0.05) is 44.3 Å². The topological polar surface area (TPSA) is 50.2 Å². The third-order valence-electron chi connectivity index (χ3n) is 3.66. The molecule has 0 saturated carbocycles. The highest BCUT2D eigenvalue weighted by atomic mass is 32.2. The van der Waals surface area contributed by atoms with Crippen LogP contribution in [-0.4, -0.2) is 51.1 Å². The van der Waals surface area contributed by atoms with Gasteiger partial charge in [0.25, 0.3) is 0 Å². The summed E-state index contributed by atoms with van der Waals surface area (Å²) < 4.78 is 2.10. The van der Waals surface area contributed by atoms with Crippen LogP contribution in [-0.2, 0) is 6.54 Å². The average molecular weight is 310 g/mol. The van der Waals surface area contributed by atoms with E-state index < -0.39 is 0 Å². The number of rotatable bonds is 6. The molecule has 0 spiro atoms. The summed E-state index contributed by atoms with van der Waals surface area (Å²) in [6.07, 6.45) is 7.92. The van der Waals surface area contributed by atoms with Crippen molar-refractivity contribution in [3.05, 3.63) is 18.7 Å². The van der Waals surface area contributed by atoms with Crippen molar-refractivity contribution >= 4 is 17.8 Å². The van der Waals surface area contributed by atoms with Gasteiger partial charge in [-0.15, -0.1) is 0 Å². The molecular formula is C15H26N4OS. The first-order valence-electron chi connectivity index (χ1n) is 7.75. The van der Waals surface area contributed by atoms with Crippen LogP contribution in [0.15, 0.2) is 18.7 Å². The molecule has 5 nitrogen and oxygen atoms in total. The summed E-state index contributed by atoms with van der Waals surface area (Å²) >= 11 is 1.88. The fraction of sp³-hybridized carbons (Fsp3) is 0.733. The number of nitrogens with one attached hydrogen (secondary N) is 1. The molecule has 0 aromatic carbocycles. The molecule has 2 heterocycles. The maximum Gasteiger partial charge on any atom is 0.317 e. The molecule has 118 valence electrons. The standard InChI is InChI=1S/C15H26N4OS/c1-13(2)21-9-6-17-15(20)19-7-3-4-14(11-19)10-18-8-5-16-12-18/h5,8,12-14H,3-4,6-7,9-11H2,1-2H3,(H,17,20)/t14-/m1/s1. The van der Waals surface area contributed by atoms with E-state index in [1.807, 2.05) is 29.2 Å². The molecule has 1 atom stereocenters. The smallest absolute Gasteiger partial charge is 0.317 e. The highest BCUT2D eigenvalue weighted by Crippen LogP contribution is 2.18. The number of thioether (sulfide) groups is 1. The number of carbonyl (C=O) groups is 1. The Labute approximate surface area is 131 Å². The van der Waals surface area contributed by atoms with Gasteiger partial charge < -0.3 is 14.8 Å². The Morgan fingerprint density at radius 1 is 1.52 bits per heavy atom. The van der Waals surface area contributed by atoms with E-state index in [0.717, 1.165) is 38.4 Å². The lowest BCUT2D eigenvalue weighted by atomic mass is 9.98. The Kier molecular flexibility index (Phi) is 6.42. The first-order chi connectivity index (χ1) is 10.1. The Morgan fingerprint density at radius 2 is 2.38 bits per heavy atom. The Balaban J connectivity index is 1.71. The third kappa shape index (κ3) is 5.61. The minimum Gasteiger partial charge on any atom is -0.337 e. The number of carbonyl (C=O) groups excluding carboxylic acids is 1. The maximum absolute atomic E-state index is 12.2. The summed E-state index contributed by atoms with van der Waals surface area (Å²) in [5.41, 5.74) is 0. The summed E-state index contributed by atoms with van der Waals surface area (Å²) in [5.74, 6) is 1.51. The number of urea groups is 1. The van der Waals surface area contributed by atoms with E-state index >= 15 is 0 Å². The van der Waals surface area contributed by atoms with E-state index in [1.54, 1.807) is 6.20 Å². The maximum atomic E-state index is 12.2. The summed E-state index contributed by atoms with van der Waals surface area (Å²) in [7, 11) is 0. The van der Waals surface area contributed by atoms with Crippen LogP contribution < -0.4 is 5.32 Å². The SMILES string of the molecule is CC(C)SCCNC(=O)N1CCC[C@H](Cn2ccnc2)C1. The van der Waals surface area contributed by atoms with E-state index in [0.29, 0.717) is 11.2 Å². The van der Waals surface area contributed by atoms with Crippen LogP contribution in [0.1, 0.15) is 26.7 Å². The Bertz CT molecular complexity index is 421. The Morgan fingerprint density at radius 3 is 3.10 bits per heavy atom. The van der Waals surface area contributed by atoms with Gasteiger partial charge in [0.05, 0.1) is 6.33 Å². The largest absolute Gasteiger partial charge is 0.337 e. The van der Waals surface area contributed by atoms with Gasteiger partial charge in [-0.3, -0.25) is 0 Å². The van der Waals surface area contributed by atoms with E-state index in [9.17, 15) is 4.79 Å². The van der Waals surface area contributed by atoms with Crippen LogP contribution in [0, 0.1) is 5.92 Å². The molecule has 1 aromatic rings. The fourth-order valence-corrected chi connectivity index (χ4v) is 3.35. The summed E-state index contributed by atoms with van der Waals surface area (Å²) in [6.45, 7) is 7.79. The van der Waals surface area contributed by atoms with Gasteiger partial charge in [0.1, 0.15) is 0 Å². The molecule has 0 aliphatic carbocycles. The fourth-order valence-electron chi connectivity index (χ4n) is 2.66. The van der Waals surface area contributed by atoms with Crippen LogP contribution in [0.25, 0.3) is 0 Å². The molecule has 0 bridgehead atoms. The van der Waals surface area contributed by atoms with Gasteiger partial charge in [-0.25, -0.2) is 9.78 Å². The van der Waals surface area contributed by atoms with Crippen molar-refractivity contribution in [3.63, 3.8) is 0 Å². The number of likely N-dealkylation sites (tertiary alicyclic amines) is 1. The van der Waals surface area contributed by atoms with Crippen LogP contribution in [0.2, 0.25) is 0 Å². The number of aromatic nitrogens is 2. The number of piperidine rings is 1. The van der Waals surface area contributed by atoms with E-state index in [4.69, 9.17) is 0 Å². The van der Waals surface area contributed by atoms with Crippen molar-refractivity contribution in [1.29, 1.82) is 0 Å². The molecule has 1 aliphatic rings. The molecule has 6 heteroatoms. The van der Waals surface area contributed by atoms with Crippen LogP contribution in [0.3, 0.4) is 0 Å². The molecule has 2 rings (SSSR count). The van der Waals surface area contributed by atoms with Gasteiger partial charge in [-0.2, -0.15) is 11.8 Å². The second-order valence-electron chi connectivity index (χ2n) is 5.87. The predicted molar refractivity (Wildman–Crippen MR) is 87.5 cm³/mol. The van der Waals surface area contributed by atoms with Crippen LogP contribution in [0.4, 0.5) is 4.79 Å². The zero-order valence-corrected chi connectivity index (χ0v) is 13.8. The number of hydrogen-bond donors (Lipinski definition) is 1. The second kappa shape index (κ2) is 8.32. The zero-order valence-electron chi connectivity index (χ0n) is 13.0. The summed E-state index contributed by atoms with van der Waals surface area (Å²) in [6, 6.07) is 0.0923. The van der Waals surface area contributed by atoms with Crippen molar-refractivity contribution < 1.29 is 4.79 Å². The first-order valence-corrected chi connectivity index (χ1v) is 8.80. The van der Waals surface area contributed by atoms with Crippen LogP contribution in [0.5, 0.6) is 0 Å². The average Bonchev–Trinajstić information content (AvgIpc) is 2.96. The van der Waals surface area contributed by atoms with E-state index in [-0.39, 0.29) is 6.03 Å². The number of hydrogen-bond acceptors (Lipinski definition) is 3. The molecule has 1 saturated heterocycles. The molecule has 0 radical (unpaired) electrons. The molecule has 21 heavy (non-hydrogen) atoms. The number of imidazole rings is 1. The number of nitrogens with zero attached hydrogens (tertiary/aromatic N) is 3. The molecular weight excluding hydrogens is 284 g/mol. The molecule has 1 N–H and O–H groups in total. The lowest BCUT2D eigenvalue weighted by molar-refractivity contribution is 0.160. The predicted octanol–water partition coefficient (Wildman–Crippen LogP) is 2.45. The minimum absolute atomic E-state index is 0.0923. The van der Waals surface area contributed by atoms with Crippen molar-refractivity contribution in [3.8, 4) is 0 Å². The highest BCUT2D eigenvalue weighted by Gasteiger charge is 2.23. The normalized spacial score (nSPS) is 19.0. The van der Waals surface area contributed by atoms with Crippen molar-refractivity contribution in [2.24, 2.45) is 5.92 Å². The minimum atomic E-state index is 0.0923. The first kappa shape index (κ1) is 16.2. The third-order valence-corrected chi connectivity index (χ3v) is 4.77. The molecule has 1 aromatic heterocycles. The second-order valence-corrected chi connectivity index (χ2v) is 7.55. The van der Waals surface area contributed by atoms with Gasteiger partial charge in [-0.1, -0.05) is 13.8 Å². The van der Waals surface area contributed by atoms with E-state index in [1.165, 1.54) is 6.42 Å². The van der Waals surface area contributed by atoms with E-state index in [2.05, 4.69) is 28.7 Å².